The first-order valence-electron chi connectivity index (χ1n) is 6.89. The molecule has 0 spiro atoms. The highest BCUT2D eigenvalue weighted by molar-refractivity contribution is 6.35. The molecule has 0 aromatic heterocycles. The van der Waals surface area contributed by atoms with Crippen LogP contribution in [0.25, 0.3) is 10.8 Å². The molecule has 3 nitrogen and oxygen atoms in total. The van der Waals surface area contributed by atoms with Crippen LogP contribution in [0.15, 0.2) is 66.7 Å². The van der Waals surface area contributed by atoms with Crippen LogP contribution in [0.3, 0.4) is 0 Å². The van der Waals surface area contributed by atoms with Gasteiger partial charge in [-0.05, 0) is 24.3 Å². The predicted molar refractivity (Wildman–Crippen MR) is 89.5 cm³/mol. The fourth-order valence-corrected chi connectivity index (χ4v) is 2.45. The average Bonchev–Trinajstić information content (AvgIpc) is 2.55. The molecule has 0 aliphatic rings. The van der Waals surface area contributed by atoms with Crippen molar-refractivity contribution in [1.82, 2.24) is 0 Å². The number of ether oxygens (including phenoxy) is 1. The summed E-state index contributed by atoms with van der Waals surface area (Å²) < 4.78 is 5.64. The first kappa shape index (κ1) is 14.4. The lowest BCUT2D eigenvalue weighted by Crippen LogP contribution is -2.20. The van der Waals surface area contributed by atoms with Gasteiger partial charge in [0.2, 0.25) is 0 Å². The topological polar surface area (TPSA) is 38.3 Å². The van der Waals surface area contributed by atoms with E-state index in [-0.39, 0.29) is 12.5 Å². The Kier molecular flexibility index (Phi) is 4.26. The van der Waals surface area contributed by atoms with Gasteiger partial charge in [-0.15, -0.1) is 0 Å². The minimum absolute atomic E-state index is 0.0550. The zero-order valence-electron chi connectivity index (χ0n) is 11.8. The molecule has 0 heterocycles. The van der Waals surface area contributed by atoms with E-state index in [1.165, 1.54) is 0 Å². The lowest BCUT2D eigenvalue weighted by Gasteiger charge is -2.10. The summed E-state index contributed by atoms with van der Waals surface area (Å²) in [6, 6.07) is 20.5. The number of carbonyl (C=O) groups excluding carboxylic acids is 1. The molecule has 0 aliphatic heterocycles. The van der Waals surface area contributed by atoms with Crippen LogP contribution >= 0.6 is 11.6 Å². The molecule has 0 fully saturated rings. The van der Waals surface area contributed by atoms with Crippen molar-refractivity contribution in [3.8, 4) is 5.75 Å². The molecule has 3 aromatic rings. The molecule has 0 unspecified atom stereocenters. The largest absolute Gasteiger partial charge is 0.483 e. The van der Waals surface area contributed by atoms with Crippen LogP contribution in [0.2, 0.25) is 5.02 Å². The van der Waals surface area contributed by atoms with E-state index in [2.05, 4.69) is 5.32 Å². The zero-order chi connectivity index (χ0) is 15.4. The number of hydrogen-bond acceptors (Lipinski definition) is 2. The maximum Gasteiger partial charge on any atom is 0.262 e. The van der Waals surface area contributed by atoms with Gasteiger partial charge < -0.3 is 10.1 Å². The van der Waals surface area contributed by atoms with Crippen molar-refractivity contribution in [2.24, 2.45) is 0 Å². The SMILES string of the molecule is O=C(COc1ccc(Cl)c2ccccc12)Nc1ccccc1. The maximum absolute atomic E-state index is 11.9. The molecular formula is C18H14ClNO2. The second-order valence-corrected chi connectivity index (χ2v) is 5.20. The summed E-state index contributed by atoms with van der Waals surface area (Å²) in [5.41, 5.74) is 0.747. The molecule has 4 heteroatoms. The molecule has 3 aromatic carbocycles. The highest BCUT2D eigenvalue weighted by Gasteiger charge is 2.08. The summed E-state index contributed by atoms with van der Waals surface area (Å²) >= 11 is 6.16. The predicted octanol–water partition coefficient (Wildman–Crippen LogP) is 4.51. The van der Waals surface area contributed by atoms with Gasteiger partial charge in [0.15, 0.2) is 6.61 Å². The van der Waals surface area contributed by atoms with E-state index in [0.717, 1.165) is 16.5 Å². The van der Waals surface area contributed by atoms with Crippen molar-refractivity contribution in [1.29, 1.82) is 0 Å². The smallest absolute Gasteiger partial charge is 0.262 e. The number of halogens is 1. The van der Waals surface area contributed by atoms with Gasteiger partial charge in [-0.1, -0.05) is 54.1 Å². The van der Waals surface area contributed by atoms with Crippen LogP contribution in [0.4, 0.5) is 5.69 Å². The highest BCUT2D eigenvalue weighted by Crippen LogP contribution is 2.31. The van der Waals surface area contributed by atoms with Crippen molar-refractivity contribution in [3.63, 3.8) is 0 Å². The molecule has 0 atom stereocenters. The third-order valence-corrected chi connectivity index (χ3v) is 3.58. The molecule has 0 radical (unpaired) electrons. The molecule has 0 aliphatic carbocycles. The summed E-state index contributed by atoms with van der Waals surface area (Å²) in [4.78, 5) is 11.9. The van der Waals surface area contributed by atoms with Crippen molar-refractivity contribution >= 4 is 34.0 Å². The standard InChI is InChI=1S/C18H14ClNO2/c19-16-10-11-17(15-9-5-4-8-14(15)16)22-12-18(21)20-13-6-2-1-3-7-13/h1-11H,12H2,(H,20,21). The Morgan fingerprint density at radius 2 is 1.59 bits per heavy atom. The zero-order valence-corrected chi connectivity index (χ0v) is 12.5. The van der Waals surface area contributed by atoms with Gasteiger partial charge in [0.05, 0.1) is 0 Å². The average molecular weight is 312 g/mol. The van der Waals surface area contributed by atoms with E-state index >= 15 is 0 Å². The monoisotopic (exact) mass is 311 g/mol. The van der Waals surface area contributed by atoms with Crippen LogP contribution in [-0.4, -0.2) is 12.5 Å². The Morgan fingerprint density at radius 1 is 0.909 bits per heavy atom. The normalized spacial score (nSPS) is 10.4. The van der Waals surface area contributed by atoms with Gasteiger partial charge in [-0.25, -0.2) is 0 Å². The minimum Gasteiger partial charge on any atom is -0.483 e. The summed E-state index contributed by atoms with van der Waals surface area (Å²) in [6.45, 7) is -0.0550. The van der Waals surface area contributed by atoms with Crippen molar-refractivity contribution in [2.75, 3.05) is 11.9 Å². The fourth-order valence-electron chi connectivity index (χ4n) is 2.22. The van der Waals surface area contributed by atoms with E-state index in [1.54, 1.807) is 12.1 Å². The van der Waals surface area contributed by atoms with Crippen LogP contribution < -0.4 is 10.1 Å². The molecule has 1 N–H and O–H groups in total. The van der Waals surface area contributed by atoms with E-state index < -0.39 is 0 Å². The Bertz CT molecular complexity index is 803. The van der Waals surface area contributed by atoms with Crippen molar-refractivity contribution < 1.29 is 9.53 Å². The van der Waals surface area contributed by atoms with Gasteiger partial charge in [0, 0.05) is 21.5 Å². The van der Waals surface area contributed by atoms with E-state index in [1.807, 2.05) is 54.6 Å². The number of fused-ring (bicyclic) bond motifs is 1. The summed E-state index contributed by atoms with van der Waals surface area (Å²) in [5, 5.41) is 5.24. The number of nitrogens with one attached hydrogen (secondary N) is 1. The van der Waals surface area contributed by atoms with Gasteiger partial charge in [-0.3, -0.25) is 4.79 Å². The Labute approximate surface area is 133 Å². The molecule has 0 saturated heterocycles. The van der Waals surface area contributed by atoms with Crippen LogP contribution in [0.5, 0.6) is 5.75 Å². The van der Waals surface area contributed by atoms with E-state index in [4.69, 9.17) is 16.3 Å². The third kappa shape index (κ3) is 3.21. The van der Waals surface area contributed by atoms with E-state index in [0.29, 0.717) is 10.8 Å². The Hall–Kier alpha value is -2.52. The quantitative estimate of drug-likeness (QED) is 0.770. The molecule has 0 bridgehead atoms. The second-order valence-electron chi connectivity index (χ2n) is 4.79. The molecule has 1 amide bonds. The molecule has 110 valence electrons. The first-order valence-corrected chi connectivity index (χ1v) is 7.27. The number of anilines is 1. The summed E-state index contributed by atoms with van der Waals surface area (Å²) in [6.07, 6.45) is 0. The molecular weight excluding hydrogens is 298 g/mol. The number of amides is 1. The highest BCUT2D eigenvalue weighted by atomic mass is 35.5. The molecule has 0 saturated carbocycles. The number of hydrogen-bond donors (Lipinski definition) is 1. The van der Waals surface area contributed by atoms with Gasteiger partial charge in [0.1, 0.15) is 5.75 Å². The summed E-state index contributed by atoms with van der Waals surface area (Å²) in [7, 11) is 0. The summed E-state index contributed by atoms with van der Waals surface area (Å²) in [5.74, 6) is 0.438. The minimum atomic E-state index is -0.203. The van der Waals surface area contributed by atoms with Gasteiger partial charge >= 0.3 is 0 Å². The van der Waals surface area contributed by atoms with E-state index in [9.17, 15) is 4.79 Å². The van der Waals surface area contributed by atoms with Gasteiger partial charge in [-0.2, -0.15) is 0 Å². The lowest BCUT2D eigenvalue weighted by molar-refractivity contribution is -0.118. The number of para-hydroxylation sites is 1. The number of rotatable bonds is 4. The Balaban J connectivity index is 1.72. The first-order chi connectivity index (χ1) is 10.7. The van der Waals surface area contributed by atoms with Gasteiger partial charge in [0.25, 0.3) is 5.91 Å². The maximum atomic E-state index is 11.9. The third-order valence-electron chi connectivity index (χ3n) is 3.25. The second kappa shape index (κ2) is 6.50. The number of benzene rings is 3. The number of carbonyl (C=O) groups is 1. The molecule has 3 rings (SSSR count). The van der Waals surface area contributed by atoms with Crippen LogP contribution in [0, 0.1) is 0 Å². The van der Waals surface area contributed by atoms with Crippen molar-refractivity contribution in [2.45, 2.75) is 0 Å². The molecule has 22 heavy (non-hydrogen) atoms. The van der Waals surface area contributed by atoms with Crippen LogP contribution in [-0.2, 0) is 4.79 Å². The Morgan fingerprint density at radius 3 is 2.36 bits per heavy atom. The fraction of sp³-hybridized carbons (Fsp3) is 0.0556. The van der Waals surface area contributed by atoms with Crippen LogP contribution in [0.1, 0.15) is 0 Å². The van der Waals surface area contributed by atoms with Crippen molar-refractivity contribution in [3.05, 3.63) is 71.8 Å². The lowest BCUT2D eigenvalue weighted by atomic mass is 10.1.